The molecule has 6 nitrogen and oxygen atoms in total. The zero-order chi connectivity index (χ0) is 15.5. The minimum Gasteiger partial charge on any atom is -0.450 e. The molecule has 0 aliphatic carbocycles. The molecular weight excluding hydrogens is 352 g/mol. The number of aromatic nitrogens is 2. The van der Waals surface area contributed by atoms with Gasteiger partial charge < -0.3 is 13.6 Å². The standard InChI is InChI=1S/C15H11BrN2O4/c1-9-3-2-4-10(7-9)14-18-17-13(22-14)8-20-15(19)11-5-6-12(16)21-11/h2-7H,8H2,1H3. The molecule has 3 rings (SSSR count). The largest absolute Gasteiger partial charge is 0.450 e. The third-order valence-electron chi connectivity index (χ3n) is 2.83. The molecule has 0 radical (unpaired) electrons. The predicted molar refractivity (Wildman–Crippen MR) is 80.0 cm³/mol. The Morgan fingerprint density at radius 1 is 1.23 bits per heavy atom. The third-order valence-corrected chi connectivity index (χ3v) is 3.26. The molecule has 0 unspecified atom stereocenters. The second-order valence-corrected chi connectivity index (χ2v) is 5.33. The average Bonchev–Trinajstić information content (AvgIpc) is 3.14. The normalized spacial score (nSPS) is 10.6. The van der Waals surface area contributed by atoms with Gasteiger partial charge in [-0.3, -0.25) is 0 Å². The zero-order valence-corrected chi connectivity index (χ0v) is 13.2. The number of halogens is 1. The van der Waals surface area contributed by atoms with Crippen molar-refractivity contribution < 1.29 is 18.4 Å². The summed E-state index contributed by atoms with van der Waals surface area (Å²) >= 11 is 3.12. The molecule has 0 atom stereocenters. The van der Waals surface area contributed by atoms with Crippen LogP contribution in [0.4, 0.5) is 0 Å². The fourth-order valence-corrected chi connectivity index (χ4v) is 2.14. The van der Waals surface area contributed by atoms with Gasteiger partial charge in [-0.15, -0.1) is 10.2 Å². The van der Waals surface area contributed by atoms with Crippen LogP contribution in [-0.4, -0.2) is 16.2 Å². The summed E-state index contributed by atoms with van der Waals surface area (Å²) in [6.07, 6.45) is 0. The monoisotopic (exact) mass is 362 g/mol. The molecule has 0 saturated heterocycles. The van der Waals surface area contributed by atoms with E-state index in [-0.39, 0.29) is 18.3 Å². The van der Waals surface area contributed by atoms with E-state index in [1.165, 1.54) is 6.07 Å². The smallest absolute Gasteiger partial charge is 0.374 e. The van der Waals surface area contributed by atoms with E-state index in [2.05, 4.69) is 26.1 Å². The number of aryl methyl sites for hydroxylation is 1. The van der Waals surface area contributed by atoms with E-state index in [9.17, 15) is 4.79 Å². The maximum Gasteiger partial charge on any atom is 0.374 e. The molecule has 2 aromatic heterocycles. The summed E-state index contributed by atoms with van der Waals surface area (Å²) in [5.74, 6) is 0.109. The SMILES string of the molecule is Cc1cccc(-c2nnc(COC(=O)c3ccc(Br)o3)o2)c1. The van der Waals surface area contributed by atoms with Gasteiger partial charge in [0.25, 0.3) is 5.89 Å². The summed E-state index contributed by atoms with van der Waals surface area (Å²) in [5.41, 5.74) is 1.91. The number of hydrogen-bond acceptors (Lipinski definition) is 6. The number of carbonyl (C=O) groups is 1. The van der Waals surface area contributed by atoms with Crippen LogP contribution in [0.5, 0.6) is 0 Å². The molecule has 0 bridgehead atoms. The van der Waals surface area contributed by atoms with Crippen LogP contribution < -0.4 is 0 Å². The zero-order valence-electron chi connectivity index (χ0n) is 11.6. The highest BCUT2D eigenvalue weighted by molar-refractivity contribution is 9.10. The summed E-state index contributed by atoms with van der Waals surface area (Å²) in [7, 11) is 0. The van der Waals surface area contributed by atoms with Gasteiger partial charge in [0.15, 0.2) is 11.3 Å². The molecule has 22 heavy (non-hydrogen) atoms. The van der Waals surface area contributed by atoms with Crippen LogP contribution in [0.2, 0.25) is 0 Å². The Labute approximate surface area is 134 Å². The van der Waals surface area contributed by atoms with Crippen LogP contribution in [0.1, 0.15) is 22.0 Å². The van der Waals surface area contributed by atoms with E-state index in [1.807, 2.05) is 31.2 Å². The van der Waals surface area contributed by atoms with Crippen LogP contribution in [-0.2, 0) is 11.3 Å². The first kappa shape index (κ1) is 14.5. The number of ether oxygens (including phenoxy) is 1. The van der Waals surface area contributed by atoms with Crippen molar-refractivity contribution in [3.8, 4) is 11.5 Å². The van der Waals surface area contributed by atoms with Crippen molar-refractivity contribution >= 4 is 21.9 Å². The number of furan rings is 1. The third kappa shape index (κ3) is 3.25. The summed E-state index contributed by atoms with van der Waals surface area (Å²) in [6, 6.07) is 10.8. The second-order valence-electron chi connectivity index (χ2n) is 4.55. The Morgan fingerprint density at radius 3 is 2.82 bits per heavy atom. The van der Waals surface area contributed by atoms with Gasteiger partial charge >= 0.3 is 5.97 Å². The number of hydrogen-bond donors (Lipinski definition) is 0. The lowest BCUT2D eigenvalue weighted by atomic mass is 10.1. The summed E-state index contributed by atoms with van der Waals surface area (Å²) in [5, 5.41) is 7.80. The molecular formula is C15H11BrN2O4. The number of benzene rings is 1. The van der Waals surface area contributed by atoms with E-state index < -0.39 is 5.97 Å². The van der Waals surface area contributed by atoms with E-state index in [4.69, 9.17) is 13.6 Å². The molecule has 112 valence electrons. The summed E-state index contributed by atoms with van der Waals surface area (Å²) in [4.78, 5) is 11.7. The highest BCUT2D eigenvalue weighted by atomic mass is 79.9. The fraction of sp³-hybridized carbons (Fsp3) is 0.133. The van der Waals surface area contributed by atoms with Crippen molar-refractivity contribution in [1.29, 1.82) is 0 Å². The molecule has 0 saturated carbocycles. The van der Waals surface area contributed by atoms with Crippen molar-refractivity contribution in [2.45, 2.75) is 13.5 Å². The van der Waals surface area contributed by atoms with Crippen LogP contribution in [0.3, 0.4) is 0 Å². The number of nitrogens with zero attached hydrogens (tertiary/aromatic N) is 2. The first-order valence-electron chi connectivity index (χ1n) is 6.44. The van der Waals surface area contributed by atoms with E-state index >= 15 is 0 Å². The Morgan fingerprint density at radius 2 is 2.09 bits per heavy atom. The lowest BCUT2D eigenvalue weighted by Crippen LogP contribution is -2.04. The second kappa shape index (κ2) is 6.15. The lowest BCUT2D eigenvalue weighted by molar-refractivity contribution is 0.0401. The average molecular weight is 363 g/mol. The minimum atomic E-state index is -0.596. The van der Waals surface area contributed by atoms with E-state index in [0.29, 0.717) is 10.6 Å². The molecule has 7 heteroatoms. The van der Waals surface area contributed by atoms with Crippen LogP contribution in [0.25, 0.3) is 11.5 Å². The Hall–Kier alpha value is -2.41. The summed E-state index contributed by atoms with van der Waals surface area (Å²) < 4.78 is 16.1. The maximum absolute atomic E-state index is 11.7. The van der Waals surface area contributed by atoms with Crippen LogP contribution in [0.15, 0.2) is 49.9 Å². The molecule has 0 N–H and O–H groups in total. The van der Waals surface area contributed by atoms with Gasteiger partial charge in [-0.2, -0.15) is 0 Å². The number of carbonyl (C=O) groups excluding carboxylic acids is 1. The topological polar surface area (TPSA) is 78.4 Å². The maximum atomic E-state index is 11.7. The fourth-order valence-electron chi connectivity index (χ4n) is 1.83. The van der Waals surface area contributed by atoms with Gasteiger partial charge in [0.2, 0.25) is 11.7 Å². The molecule has 0 aliphatic heterocycles. The highest BCUT2D eigenvalue weighted by Gasteiger charge is 2.15. The Balaban J connectivity index is 1.66. The Kier molecular flexibility index (Phi) is 4.06. The Bertz CT molecular complexity index is 809. The molecule has 0 spiro atoms. The van der Waals surface area contributed by atoms with Crippen molar-refractivity contribution in [3.05, 3.63) is 58.3 Å². The van der Waals surface area contributed by atoms with Gasteiger partial charge in [0.05, 0.1) is 0 Å². The van der Waals surface area contributed by atoms with Gasteiger partial charge in [0, 0.05) is 5.56 Å². The predicted octanol–water partition coefficient (Wildman–Crippen LogP) is 3.76. The van der Waals surface area contributed by atoms with Gasteiger partial charge in [-0.1, -0.05) is 17.7 Å². The molecule has 0 fully saturated rings. The quantitative estimate of drug-likeness (QED) is 0.657. The lowest BCUT2D eigenvalue weighted by Gasteiger charge is -1.98. The molecule has 0 aliphatic rings. The molecule has 3 aromatic rings. The van der Waals surface area contributed by atoms with Crippen LogP contribution in [0, 0.1) is 6.92 Å². The van der Waals surface area contributed by atoms with Crippen LogP contribution >= 0.6 is 15.9 Å². The first-order chi connectivity index (χ1) is 10.6. The van der Waals surface area contributed by atoms with Crippen molar-refractivity contribution in [2.75, 3.05) is 0 Å². The first-order valence-corrected chi connectivity index (χ1v) is 7.23. The van der Waals surface area contributed by atoms with Crippen molar-refractivity contribution in [1.82, 2.24) is 10.2 Å². The van der Waals surface area contributed by atoms with Crippen molar-refractivity contribution in [3.63, 3.8) is 0 Å². The van der Waals surface area contributed by atoms with Crippen molar-refractivity contribution in [2.24, 2.45) is 0 Å². The van der Waals surface area contributed by atoms with Gasteiger partial charge in [0.1, 0.15) is 0 Å². The van der Waals surface area contributed by atoms with E-state index in [0.717, 1.165) is 11.1 Å². The van der Waals surface area contributed by atoms with Gasteiger partial charge in [-0.05, 0) is 47.1 Å². The minimum absolute atomic E-state index is 0.102. The van der Waals surface area contributed by atoms with Gasteiger partial charge in [-0.25, -0.2) is 4.79 Å². The number of esters is 1. The number of rotatable bonds is 4. The summed E-state index contributed by atoms with van der Waals surface area (Å²) in [6.45, 7) is 1.86. The molecule has 0 amide bonds. The molecule has 1 aromatic carbocycles. The molecule has 2 heterocycles. The highest BCUT2D eigenvalue weighted by Crippen LogP contribution is 2.19. The van der Waals surface area contributed by atoms with E-state index in [1.54, 1.807) is 6.07 Å².